The Bertz CT molecular complexity index is 1030. The van der Waals surface area contributed by atoms with E-state index in [1.54, 1.807) is 12.1 Å². The highest BCUT2D eigenvalue weighted by molar-refractivity contribution is 5.92. The molecule has 0 unspecified atom stereocenters. The first-order valence-electron chi connectivity index (χ1n) is 8.70. The van der Waals surface area contributed by atoms with Gasteiger partial charge in [0.2, 0.25) is 0 Å². The Morgan fingerprint density at radius 1 is 1.07 bits per heavy atom. The minimum absolute atomic E-state index is 0.140. The summed E-state index contributed by atoms with van der Waals surface area (Å²) in [6.45, 7) is 3.85. The fourth-order valence-electron chi connectivity index (χ4n) is 2.67. The molecular weight excluding hydrogens is 342 g/mol. The molecule has 5 heteroatoms. The van der Waals surface area contributed by atoms with Gasteiger partial charge in [-0.15, -0.1) is 0 Å². The van der Waals surface area contributed by atoms with Gasteiger partial charge in [0.15, 0.2) is 6.61 Å². The fraction of sp³-hybridized carbons (Fsp3) is 0.182. The van der Waals surface area contributed by atoms with Crippen LogP contribution in [-0.4, -0.2) is 12.5 Å². The van der Waals surface area contributed by atoms with Crippen LogP contribution in [0.3, 0.4) is 0 Å². The molecule has 27 heavy (non-hydrogen) atoms. The number of rotatable bonds is 6. The minimum atomic E-state index is -0.417. The normalized spacial score (nSPS) is 10.4. The Kier molecular flexibility index (Phi) is 5.71. The highest BCUT2D eigenvalue weighted by Crippen LogP contribution is 2.28. The van der Waals surface area contributed by atoms with Crippen LogP contribution >= 0.6 is 0 Å². The van der Waals surface area contributed by atoms with Crippen molar-refractivity contribution in [1.82, 2.24) is 0 Å². The molecule has 2 aromatic carbocycles. The quantitative estimate of drug-likeness (QED) is 0.523. The third kappa shape index (κ3) is 4.85. The second kappa shape index (κ2) is 8.36. The SMILES string of the molecule is CC(C)=CCc1c(OCC(=O)Nc2ccccc2)ccc2ccc(=O)oc12. The summed E-state index contributed by atoms with van der Waals surface area (Å²) in [5.74, 6) is 0.265. The lowest BCUT2D eigenvalue weighted by atomic mass is 10.1. The summed E-state index contributed by atoms with van der Waals surface area (Å²) in [6.07, 6.45) is 2.57. The van der Waals surface area contributed by atoms with E-state index in [1.165, 1.54) is 6.07 Å². The third-order valence-electron chi connectivity index (χ3n) is 3.98. The molecule has 0 bridgehead atoms. The lowest BCUT2D eigenvalue weighted by Gasteiger charge is -2.12. The number of hydrogen-bond acceptors (Lipinski definition) is 4. The Morgan fingerprint density at radius 2 is 1.81 bits per heavy atom. The predicted molar refractivity (Wildman–Crippen MR) is 106 cm³/mol. The number of amides is 1. The molecule has 0 aliphatic heterocycles. The van der Waals surface area contributed by atoms with Gasteiger partial charge in [-0.25, -0.2) is 4.79 Å². The molecule has 0 atom stereocenters. The molecule has 3 rings (SSSR count). The number of benzene rings is 2. The maximum Gasteiger partial charge on any atom is 0.336 e. The van der Waals surface area contributed by atoms with E-state index >= 15 is 0 Å². The lowest BCUT2D eigenvalue weighted by Crippen LogP contribution is -2.20. The fourth-order valence-corrected chi connectivity index (χ4v) is 2.67. The van der Waals surface area contributed by atoms with Crippen LogP contribution in [-0.2, 0) is 11.2 Å². The largest absolute Gasteiger partial charge is 0.483 e. The van der Waals surface area contributed by atoms with Crippen molar-refractivity contribution in [3.63, 3.8) is 0 Å². The number of para-hydroxylation sites is 1. The molecule has 0 saturated heterocycles. The number of carbonyl (C=O) groups excluding carboxylic acids is 1. The van der Waals surface area contributed by atoms with Crippen molar-refractivity contribution < 1.29 is 13.9 Å². The lowest BCUT2D eigenvalue weighted by molar-refractivity contribution is -0.118. The number of allylic oxidation sites excluding steroid dienone is 2. The first-order chi connectivity index (χ1) is 13.0. The van der Waals surface area contributed by atoms with Gasteiger partial charge in [-0.1, -0.05) is 29.8 Å². The van der Waals surface area contributed by atoms with Gasteiger partial charge < -0.3 is 14.5 Å². The van der Waals surface area contributed by atoms with Crippen molar-refractivity contribution in [3.8, 4) is 5.75 Å². The standard InChI is InChI=1S/C22H21NO4/c1-15(2)8-11-18-19(12-9-16-10-13-21(25)27-22(16)18)26-14-20(24)23-17-6-4-3-5-7-17/h3-10,12-13H,11,14H2,1-2H3,(H,23,24). The summed E-state index contributed by atoms with van der Waals surface area (Å²) < 4.78 is 11.2. The zero-order valence-electron chi connectivity index (χ0n) is 15.3. The number of anilines is 1. The highest BCUT2D eigenvalue weighted by Gasteiger charge is 2.13. The molecule has 1 heterocycles. The number of carbonyl (C=O) groups is 1. The molecule has 1 aromatic heterocycles. The maximum atomic E-state index is 12.2. The zero-order chi connectivity index (χ0) is 19.2. The van der Waals surface area contributed by atoms with Crippen molar-refractivity contribution in [2.45, 2.75) is 20.3 Å². The summed E-state index contributed by atoms with van der Waals surface area (Å²) in [7, 11) is 0. The molecule has 0 aliphatic carbocycles. The molecule has 3 aromatic rings. The molecule has 0 fully saturated rings. The van der Waals surface area contributed by atoms with Gasteiger partial charge in [-0.2, -0.15) is 0 Å². The van der Waals surface area contributed by atoms with Gasteiger partial charge in [-0.3, -0.25) is 4.79 Å². The van der Waals surface area contributed by atoms with E-state index in [-0.39, 0.29) is 12.5 Å². The summed E-state index contributed by atoms with van der Waals surface area (Å²) in [5, 5.41) is 3.59. The van der Waals surface area contributed by atoms with E-state index in [2.05, 4.69) is 5.32 Å². The van der Waals surface area contributed by atoms with Gasteiger partial charge in [0.25, 0.3) is 5.91 Å². The van der Waals surface area contributed by atoms with Crippen LogP contribution in [0.25, 0.3) is 11.0 Å². The average Bonchev–Trinajstić information content (AvgIpc) is 2.65. The molecule has 1 N–H and O–H groups in total. The summed E-state index contributed by atoms with van der Waals surface area (Å²) in [5.41, 5.74) is 2.67. The van der Waals surface area contributed by atoms with Gasteiger partial charge in [0, 0.05) is 22.7 Å². The zero-order valence-corrected chi connectivity index (χ0v) is 15.3. The monoisotopic (exact) mass is 363 g/mol. The number of nitrogens with one attached hydrogen (secondary N) is 1. The van der Waals surface area contributed by atoms with Crippen LogP contribution < -0.4 is 15.7 Å². The van der Waals surface area contributed by atoms with E-state index in [9.17, 15) is 9.59 Å². The smallest absolute Gasteiger partial charge is 0.336 e. The van der Waals surface area contributed by atoms with E-state index in [4.69, 9.17) is 9.15 Å². The van der Waals surface area contributed by atoms with Crippen LogP contribution in [0.15, 0.2) is 75.5 Å². The molecule has 5 nitrogen and oxygen atoms in total. The predicted octanol–water partition coefficient (Wildman–Crippen LogP) is 4.32. The molecule has 0 spiro atoms. The van der Waals surface area contributed by atoms with Crippen LogP contribution in [0.2, 0.25) is 0 Å². The highest BCUT2D eigenvalue weighted by atomic mass is 16.5. The first kappa shape index (κ1) is 18.5. The first-order valence-corrected chi connectivity index (χ1v) is 8.70. The van der Waals surface area contributed by atoms with Gasteiger partial charge in [0.05, 0.1) is 0 Å². The van der Waals surface area contributed by atoms with Crippen LogP contribution in [0.1, 0.15) is 19.4 Å². The van der Waals surface area contributed by atoms with Crippen molar-refractivity contribution in [2.24, 2.45) is 0 Å². The molecule has 0 saturated carbocycles. The van der Waals surface area contributed by atoms with Gasteiger partial charge in [-0.05, 0) is 50.6 Å². The van der Waals surface area contributed by atoms with Crippen molar-refractivity contribution >= 4 is 22.6 Å². The molecular formula is C22H21NO4. The van der Waals surface area contributed by atoms with Crippen molar-refractivity contribution in [1.29, 1.82) is 0 Å². The van der Waals surface area contributed by atoms with Gasteiger partial charge in [0.1, 0.15) is 11.3 Å². The molecule has 138 valence electrons. The third-order valence-corrected chi connectivity index (χ3v) is 3.98. The van der Waals surface area contributed by atoms with Crippen LogP contribution in [0, 0.1) is 0 Å². The van der Waals surface area contributed by atoms with Crippen LogP contribution in [0.5, 0.6) is 5.75 Å². The molecule has 0 aliphatic rings. The average molecular weight is 363 g/mol. The Balaban J connectivity index is 1.84. The van der Waals surface area contributed by atoms with E-state index in [0.29, 0.717) is 23.4 Å². The molecule has 1 amide bonds. The van der Waals surface area contributed by atoms with Gasteiger partial charge >= 0.3 is 5.63 Å². The second-order valence-electron chi connectivity index (χ2n) is 6.40. The number of ether oxygens (including phenoxy) is 1. The Morgan fingerprint density at radius 3 is 2.56 bits per heavy atom. The molecule has 0 radical (unpaired) electrons. The number of fused-ring (bicyclic) bond motifs is 1. The second-order valence-corrected chi connectivity index (χ2v) is 6.40. The minimum Gasteiger partial charge on any atom is -0.483 e. The Hall–Kier alpha value is -3.34. The van der Waals surface area contributed by atoms with E-state index in [0.717, 1.165) is 16.5 Å². The number of hydrogen-bond donors (Lipinski definition) is 1. The maximum absolute atomic E-state index is 12.2. The van der Waals surface area contributed by atoms with Crippen molar-refractivity contribution in [3.05, 3.63) is 82.2 Å². The van der Waals surface area contributed by atoms with E-state index in [1.807, 2.05) is 56.3 Å². The summed E-state index contributed by atoms with van der Waals surface area (Å²) >= 11 is 0. The summed E-state index contributed by atoms with van der Waals surface area (Å²) in [4.78, 5) is 23.8. The van der Waals surface area contributed by atoms with Crippen molar-refractivity contribution in [2.75, 3.05) is 11.9 Å². The topological polar surface area (TPSA) is 68.5 Å². The van der Waals surface area contributed by atoms with E-state index < -0.39 is 5.63 Å². The summed E-state index contributed by atoms with van der Waals surface area (Å²) in [6, 6.07) is 15.9. The van der Waals surface area contributed by atoms with Crippen LogP contribution in [0.4, 0.5) is 5.69 Å². The Labute approximate surface area is 157 Å².